The highest BCUT2D eigenvalue weighted by molar-refractivity contribution is 5.43. The van der Waals surface area contributed by atoms with E-state index in [1.807, 2.05) is 6.07 Å². The molecule has 0 saturated carbocycles. The zero-order chi connectivity index (χ0) is 22.3. The van der Waals surface area contributed by atoms with Crippen LogP contribution >= 0.6 is 0 Å². The van der Waals surface area contributed by atoms with E-state index in [0.717, 1.165) is 50.5 Å². The lowest BCUT2D eigenvalue weighted by atomic mass is 9.84. The van der Waals surface area contributed by atoms with Crippen molar-refractivity contribution in [2.45, 2.75) is 77.8 Å². The summed E-state index contributed by atoms with van der Waals surface area (Å²) < 4.78 is 29.5. The van der Waals surface area contributed by atoms with Gasteiger partial charge < -0.3 is 15.1 Å². The number of hydrogen-bond donors (Lipinski definition) is 1. The largest absolute Gasteiger partial charge is 0.367 e. The summed E-state index contributed by atoms with van der Waals surface area (Å²) in [5.41, 5.74) is 0.914. The summed E-state index contributed by atoms with van der Waals surface area (Å²) in [6, 6.07) is 1.20. The molecule has 1 fully saturated rings. The Morgan fingerprint density at radius 2 is 1.93 bits per heavy atom. The van der Waals surface area contributed by atoms with Crippen molar-refractivity contribution in [2.75, 3.05) is 45.6 Å². The molecule has 2 aliphatic rings. The number of rotatable bonds is 6. The van der Waals surface area contributed by atoms with Crippen LogP contribution in [0.2, 0.25) is 0 Å². The monoisotopic (exact) mass is 425 g/mol. The molecule has 0 bridgehead atoms. The van der Waals surface area contributed by atoms with Crippen LogP contribution in [0.1, 0.15) is 65.6 Å². The second-order valence-corrected chi connectivity index (χ2v) is 11.5. The third kappa shape index (κ3) is 5.52. The van der Waals surface area contributed by atoms with Crippen LogP contribution in [0.4, 0.5) is 14.6 Å². The normalized spacial score (nSPS) is 26.2. The first-order valence-electron chi connectivity index (χ1n) is 11.4. The van der Waals surface area contributed by atoms with Crippen molar-refractivity contribution in [3.05, 3.63) is 11.8 Å². The van der Waals surface area contributed by atoms with Crippen molar-refractivity contribution in [3.8, 4) is 0 Å². The molecule has 0 radical (unpaired) electrons. The number of anilines is 1. The number of likely N-dealkylation sites (tertiary alicyclic amines) is 1. The fraction of sp³-hybridized carbons (Fsp3) is 0.870. The third-order valence-electron chi connectivity index (χ3n) is 6.44. The van der Waals surface area contributed by atoms with E-state index in [9.17, 15) is 8.78 Å². The summed E-state index contributed by atoms with van der Waals surface area (Å²) in [6.45, 7) is 15.0. The SMILES string of the molecule is CN(C)CC(C)(C)CN1CCC[C@H]([C@H]2C[C@@H](C(F)F)n3nc(C(C)(C)C)cc3N2)C1. The molecule has 0 amide bonds. The van der Waals surface area contributed by atoms with Gasteiger partial charge >= 0.3 is 0 Å². The van der Waals surface area contributed by atoms with Crippen LogP contribution in [-0.2, 0) is 5.41 Å². The van der Waals surface area contributed by atoms with Gasteiger partial charge in [-0.2, -0.15) is 5.10 Å². The molecule has 0 unspecified atom stereocenters. The van der Waals surface area contributed by atoms with Crippen LogP contribution in [0, 0.1) is 11.3 Å². The Balaban J connectivity index is 1.73. The van der Waals surface area contributed by atoms with Gasteiger partial charge in [-0.3, -0.25) is 0 Å². The van der Waals surface area contributed by atoms with Gasteiger partial charge in [-0.05, 0) is 51.2 Å². The summed E-state index contributed by atoms with van der Waals surface area (Å²) in [6.07, 6.45) is 0.264. The second-order valence-electron chi connectivity index (χ2n) is 11.5. The molecule has 1 saturated heterocycles. The van der Waals surface area contributed by atoms with E-state index in [1.165, 1.54) is 0 Å². The van der Waals surface area contributed by atoms with Gasteiger partial charge in [0.2, 0.25) is 0 Å². The minimum absolute atomic E-state index is 0.0702. The Bertz CT molecular complexity index is 707. The molecule has 1 N–H and O–H groups in total. The van der Waals surface area contributed by atoms with Crippen molar-refractivity contribution in [1.29, 1.82) is 0 Å². The molecule has 0 spiro atoms. The lowest BCUT2D eigenvalue weighted by Crippen LogP contribution is -2.49. The van der Waals surface area contributed by atoms with Crippen LogP contribution < -0.4 is 5.32 Å². The van der Waals surface area contributed by atoms with Crippen LogP contribution in [0.15, 0.2) is 6.07 Å². The van der Waals surface area contributed by atoms with Gasteiger partial charge in [0.15, 0.2) is 0 Å². The number of piperidine rings is 1. The lowest BCUT2D eigenvalue weighted by molar-refractivity contribution is 0.0508. The highest BCUT2D eigenvalue weighted by Crippen LogP contribution is 2.38. The molecule has 1 aromatic rings. The Morgan fingerprint density at radius 3 is 2.53 bits per heavy atom. The Hall–Kier alpha value is -1.21. The Morgan fingerprint density at radius 1 is 1.23 bits per heavy atom. The number of fused-ring (bicyclic) bond motifs is 1. The molecule has 0 aliphatic carbocycles. The molecule has 0 aromatic carbocycles. The maximum Gasteiger partial charge on any atom is 0.260 e. The smallest absolute Gasteiger partial charge is 0.260 e. The molecule has 30 heavy (non-hydrogen) atoms. The van der Waals surface area contributed by atoms with Gasteiger partial charge in [-0.1, -0.05) is 34.6 Å². The summed E-state index contributed by atoms with van der Waals surface area (Å²) in [4.78, 5) is 4.79. The third-order valence-corrected chi connectivity index (χ3v) is 6.44. The highest BCUT2D eigenvalue weighted by Gasteiger charge is 2.39. The van der Waals surface area contributed by atoms with E-state index in [2.05, 4.69) is 68.9 Å². The first kappa shape index (κ1) is 23.5. The molecule has 3 atom stereocenters. The average molecular weight is 426 g/mol. The van der Waals surface area contributed by atoms with E-state index >= 15 is 0 Å². The predicted molar refractivity (Wildman–Crippen MR) is 119 cm³/mol. The Kier molecular flexibility index (Phi) is 6.83. The molecular weight excluding hydrogens is 384 g/mol. The van der Waals surface area contributed by atoms with Crippen molar-refractivity contribution in [1.82, 2.24) is 19.6 Å². The van der Waals surface area contributed by atoms with Crippen molar-refractivity contribution < 1.29 is 8.78 Å². The van der Waals surface area contributed by atoms with Gasteiger partial charge in [0.1, 0.15) is 11.9 Å². The van der Waals surface area contributed by atoms with Gasteiger partial charge in [-0.15, -0.1) is 0 Å². The van der Waals surface area contributed by atoms with Crippen molar-refractivity contribution in [2.24, 2.45) is 11.3 Å². The second kappa shape index (κ2) is 8.73. The first-order chi connectivity index (χ1) is 13.9. The standard InChI is InChI=1S/C23H41F2N5/c1-22(2,3)19-12-20-26-17(11-18(21(24)25)30(20)27-19)16-9-8-10-29(13-16)15-23(4,5)14-28(6)7/h12,16-18,21,26H,8-11,13-15H2,1-7H3/t16-,17+,18-/m0/s1. The molecule has 2 aliphatic heterocycles. The fourth-order valence-electron chi connectivity index (χ4n) is 5.33. The van der Waals surface area contributed by atoms with Gasteiger partial charge in [-0.25, -0.2) is 13.5 Å². The number of aromatic nitrogens is 2. The number of alkyl halides is 2. The Labute approximate surface area is 181 Å². The van der Waals surface area contributed by atoms with Crippen LogP contribution in [0.25, 0.3) is 0 Å². The number of halogens is 2. The van der Waals surface area contributed by atoms with E-state index in [0.29, 0.717) is 12.3 Å². The first-order valence-corrected chi connectivity index (χ1v) is 11.4. The van der Waals surface area contributed by atoms with Crippen LogP contribution in [0.3, 0.4) is 0 Å². The van der Waals surface area contributed by atoms with Crippen molar-refractivity contribution in [3.63, 3.8) is 0 Å². The zero-order valence-corrected chi connectivity index (χ0v) is 19.9. The number of nitrogens with zero attached hydrogens (tertiary/aromatic N) is 4. The van der Waals surface area contributed by atoms with Crippen molar-refractivity contribution >= 4 is 5.82 Å². The maximum absolute atomic E-state index is 14.0. The van der Waals surface area contributed by atoms with Gasteiger partial charge in [0.25, 0.3) is 6.43 Å². The molecule has 7 heteroatoms. The molecular formula is C23H41F2N5. The molecule has 3 heterocycles. The molecule has 5 nitrogen and oxygen atoms in total. The van der Waals surface area contributed by atoms with E-state index in [4.69, 9.17) is 0 Å². The molecule has 1 aromatic heterocycles. The topological polar surface area (TPSA) is 36.3 Å². The zero-order valence-electron chi connectivity index (χ0n) is 19.9. The minimum Gasteiger partial charge on any atom is -0.367 e. The average Bonchev–Trinajstić information content (AvgIpc) is 3.03. The van der Waals surface area contributed by atoms with E-state index in [1.54, 1.807) is 4.68 Å². The number of nitrogens with one attached hydrogen (secondary N) is 1. The lowest BCUT2D eigenvalue weighted by Gasteiger charge is -2.43. The summed E-state index contributed by atoms with van der Waals surface area (Å²) in [7, 11) is 4.23. The van der Waals surface area contributed by atoms with Gasteiger partial charge in [0.05, 0.1) is 5.69 Å². The van der Waals surface area contributed by atoms with E-state index < -0.39 is 12.5 Å². The fourth-order valence-corrected chi connectivity index (χ4v) is 5.33. The number of hydrogen-bond acceptors (Lipinski definition) is 4. The highest BCUT2D eigenvalue weighted by atomic mass is 19.3. The van der Waals surface area contributed by atoms with E-state index in [-0.39, 0.29) is 16.9 Å². The molecule has 172 valence electrons. The predicted octanol–water partition coefficient (Wildman–Crippen LogP) is 4.47. The summed E-state index contributed by atoms with van der Waals surface area (Å²) in [5, 5.41) is 8.15. The van der Waals surface area contributed by atoms with Gasteiger partial charge in [0, 0.05) is 37.2 Å². The summed E-state index contributed by atoms with van der Waals surface area (Å²) >= 11 is 0. The van der Waals surface area contributed by atoms with Crippen LogP contribution in [-0.4, -0.2) is 72.3 Å². The quantitative estimate of drug-likeness (QED) is 0.730. The minimum atomic E-state index is -2.40. The van der Waals surface area contributed by atoms with Crippen LogP contribution in [0.5, 0.6) is 0 Å². The summed E-state index contributed by atoms with van der Waals surface area (Å²) in [5.74, 6) is 1.14. The molecule has 3 rings (SSSR count). The maximum atomic E-state index is 14.0.